The number of aryl methyl sites for hydroxylation is 1. The van der Waals surface area contributed by atoms with Gasteiger partial charge in [-0.15, -0.1) is 0 Å². The fourth-order valence-corrected chi connectivity index (χ4v) is 2.83. The number of aromatic nitrogens is 2. The molecule has 0 radical (unpaired) electrons. The highest BCUT2D eigenvalue weighted by atomic mass is 16.5. The molecule has 2 rings (SSSR count). The summed E-state index contributed by atoms with van der Waals surface area (Å²) in [5.74, 6) is 2.15. The van der Waals surface area contributed by atoms with Crippen molar-refractivity contribution in [2.75, 3.05) is 26.1 Å². The van der Waals surface area contributed by atoms with E-state index in [0.717, 1.165) is 31.4 Å². The molecule has 1 aromatic heterocycles. The summed E-state index contributed by atoms with van der Waals surface area (Å²) in [6.45, 7) is 2.77. The first kappa shape index (κ1) is 21.6. The smallest absolute Gasteiger partial charge is 0.222 e. The number of aliphatic hydroxyl groups is 1. The van der Waals surface area contributed by atoms with Gasteiger partial charge in [0.1, 0.15) is 5.75 Å². The van der Waals surface area contributed by atoms with E-state index in [4.69, 9.17) is 15.2 Å². The highest BCUT2D eigenvalue weighted by Gasteiger charge is 2.09. The Bertz CT molecular complexity index is 729. The van der Waals surface area contributed by atoms with E-state index in [1.165, 1.54) is 5.56 Å². The molecule has 7 nitrogen and oxygen atoms in total. The molecule has 0 unspecified atom stereocenters. The van der Waals surface area contributed by atoms with Gasteiger partial charge in [-0.25, -0.2) is 9.98 Å². The summed E-state index contributed by atoms with van der Waals surface area (Å²) in [5.41, 5.74) is 6.93. The van der Waals surface area contributed by atoms with Crippen molar-refractivity contribution in [2.24, 2.45) is 10.9 Å². The number of anilines is 1. The molecular weight excluding hydrogens is 356 g/mol. The second kappa shape index (κ2) is 11.9. The van der Waals surface area contributed by atoms with Gasteiger partial charge in [-0.05, 0) is 49.3 Å². The van der Waals surface area contributed by atoms with Crippen molar-refractivity contribution < 1.29 is 14.6 Å². The van der Waals surface area contributed by atoms with Crippen LogP contribution in [0.25, 0.3) is 0 Å². The molecule has 152 valence electrons. The third-order valence-corrected chi connectivity index (χ3v) is 4.35. The van der Waals surface area contributed by atoms with Crippen LogP contribution >= 0.6 is 0 Å². The molecular formula is C21H30N4O3. The van der Waals surface area contributed by atoms with E-state index in [1.54, 1.807) is 13.3 Å². The lowest BCUT2D eigenvalue weighted by Crippen LogP contribution is -2.05. The van der Waals surface area contributed by atoms with Crippen LogP contribution < -0.4 is 15.2 Å². The predicted octanol–water partition coefficient (Wildman–Crippen LogP) is 3.58. The molecule has 7 heteroatoms. The van der Waals surface area contributed by atoms with Crippen LogP contribution in [0.3, 0.4) is 0 Å². The van der Waals surface area contributed by atoms with Gasteiger partial charge in [0.25, 0.3) is 0 Å². The Morgan fingerprint density at radius 1 is 1.25 bits per heavy atom. The van der Waals surface area contributed by atoms with Crippen molar-refractivity contribution in [3.8, 4) is 11.5 Å². The summed E-state index contributed by atoms with van der Waals surface area (Å²) in [5, 5.41) is 9.19. The van der Waals surface area contributed by atoms with Crippen LogP contribution in [0, 0.1) is 5.92 Å². The first-order valence-corrected chi connectivity index (χ1v) is 9.69. The Morgan fingerprint density at radius 2 is 2.04 bits per heavy atom. The van der Waals surface area contributed by atoms with Crippen molar-refractivity contribution in [3.63, 3.8) is 0 Å². The van der Waals surface area contributed by atoms with Crippen molar-refractivity contribution >= 4 is 18.0 Å². The predicted molar refractivity (Wildman–Crippen MR) is 112 cm³/mol. The summed E-state index contributed by atoms with van der Waals surface area (Å²) in [7, 11) is 1.66. The Balaban J connectivity index is 1.93. The molecule has 0 spiro atoms. The van der Waals surface area contributed by atoms with Gasteiger partial charge in [-0.2, -0.15) is 4.98 Å². The Morgan fingerprint density at radius 3 is 2.71 bits per heavy atom. The number of methoxy groups -OCH3 is 1. The third-order valence-electron chi connectivity index (χ3n) is 4.35. The van der Waals surface area contributed by atoms with Crippen LogP contribution in [0.15, 0.2) is 35.5 Å². The molecule has 1 heterocycles. The molecule has 0 bridgehead atoms. The van der Waals surface area contributed by atoms with Gasteiger partial charge in [0, 0.05) is 12.8 Å². The van der Waals surface area contributed by atoms with Crippen LogP contribution in [0.4, 0.5) is 11.8 Å². The highest BCUT2D eigenvalue weighted by molar-refractivity contribution is 5.66. The Hall–Kier alpha value is -2.67. The average Bonchev–Trinajstić information content (AvgIpc) is 2.71. The van der Waals surface area contributed by atoms with E-state index in [2.05, 4.69) is 34.0 Å². The van der Waals surface area contributed by atoms with E-state index < -0.39 is 0 Å². The van der Waals surface area contributed by atoms with Crippen LogP contribution in [0.5, 0.6) is 11.5 Å². The van der Waals surface area contributed by atoms with Crippen LogP contribution in [0.2, 0.25) is 0 Å². The lowest BCUT2D eigenvalue weighted by molar-refractivity contribution is 0.271. The van der Waals surface area contributed by atoms with E-state index >= 15 is 0 Å². The van der Waals surface area contributed by atoms with Crippen molar-refractivity contribution in [1.29, 1.82) is 0 Å². The first-order chi connectivity index (χ1) is 13.7. The molecule has 0 fully saturated rings. The van der Waals surface area contributed by atoms with Gasteiger partial charge in [0.15, 0.2) is 11.6 Å². The number of rotatable bonds is 12. The number of aliphatic imine (C=N–C) groups is 1. The van der Waals surface area contributed by atoms with E-state index in [0.29, 0.717) is 24.6 Å². The number of nitrogen functional groups attached to an aromatic ring is 1. The van der Waals surface area contributed by atoms with Crippen molar-refractivity contribution in [1.82, 2.24) is 9.97 Å². The second-order valence-electron chi connectivity index (χ2n) is 6.56. The Kier molecular flexibility index (Phi) is 9.21. The highest BCUT2D eigenvalue weighted by Crippen LogP contribution is 2.25. The number of benzene rings is 1. The van der Waals surface area contributed by atoms with Crippen LogP contribution in [0.1, 0.15) is 38.2 Å². The standard InChI is InChI=1S/C21H30N4O3/c1-3-5-17(11-12-26)14-23-20-19(15-24-21(22)25-20)28-13-4-6-16-7-9-18(27-2)10-8-16/h7-10,14-15,17,26H,3-6,11-13H2,1-2H3,(H2,22,24,25)/b23-14-/t17-/m0/s1. The molecule has 0 saturated carbocycles. The zero-order valence-electron chi connectivity index (χ0n) is 16.7. The monoisotopic (exact) mass is 386 g/mol. The van der Waals surface area contributed by atoms with Gasteiger partial charge in [-0.3, -0.25) is 0 Å². The number of ether oxygens (including phenoxy) is 2. The largest absolute Gasteiger partial charge is 0.497 e. The first-order valence-electron chi connectivity index (χ1n) is 9.69. The van der Waals surface area contributed by atoms with Gasteiger partial charge in [0.05, 0.1) is 19.9 Å². The summed E-state index contributed by atoms with van der Waals surface area (Å²) >= 11 is 0. The zero-order chi connectivity index (χ0) is 20.2. The van der Waals surface area contributed by atoms with Gasteiger partial charge in [0.2, 0.25) is 5.95 Å². The number of hydrogen-bond acceptors (Lipinski definition) is 7. The number of aliphatic hydroxyl groups excluding tert-OH is 1. The maximum Gasteiger partial charge on any atom is 0.222 e. The number of hydrogen-bond donors (Lipinski definition) is 2. The molecule has 0 aliphatic heterocycles. The fourth-order valence-electron chi connectivity index (χ4n) is 2.83. The summed E-state index contributed by atoms with van der Waals surface area (Å²) in [6, 6.07) is 8.01. The SMILES string of the molecule is CCC[C@H](/C=N\c1nc(N)ncc1OCCCc1ccc(OC)cc1)CCO. The lowest BCUT2D eigenvalue weighted by Gasteiger charge is -2.10. The minimum atomic E-state index is 0.136. The van der Waals surface area contributed by atoms with Crippen LogP contribution in [-0.4, -0.2) is 41.6 Å². The molecule has 0 saturated heterocycles. The maximum absolute atomic E-state index is 9.19. The van der Waals surface area contributed by atoms with Crippen molar-refractivity contribution in [2.45, 2.75) is 39.0 Å². The average molecular weight is 386 g/mol. The maximum atomic E-state index is 9.19. The molecule has 28 heavy (non-hydrogen) atoms. The fraction of sp³-hybridized carbons (Fsp3) is 0.476. The van der Waals surface area contributed by atoms with E-state index in [-0.39, 0.29) is 18.5 Å². The molecule has 3 N–H and O–H groups in total. The molecule has 0 aliphatic carbocycles. The molecule has 1 aromatic carbocycles. The summed E-state index contributed by atoms with van der Waals surface area (Å²) in [4.78, 5) is 12.7. The topological polar surface area (TPSA) is 103 Å². The van der Waals surface area contributed by atoms with Gasteiger partial charge in [-0.1, -0.05) is 25.5 Å². The molecule has 0 amide bonds. The normalized spacial score (nSPS) is 12.2. The minimum Gasteiger partial charge on any atom is -0.497 e. The Labute approximate surface area is 166 Å². The molecule has 1 atom stereocenters. The second-order valence-corrected chi connectivity index (χ2v) is 6.56. The van der Waals surface area contributed by atoms with Gasteiger partial charge < -0.3 is 20.3 Å². The molecule has 0 aliphatic rings. The lowest BCUT2D eigenvalue weighted by atomic mass is 10.0. The number of nitrogens with two attached hydrogens (primary N) is 1. The van der Waals surface area contributed by atoms with Crippen molar-refractivity contribution in [3.05, 3.63) is 36.0 Å². The van der Waals surface area contributed by atoms with Gasteiger partial charge >= 0.3 is 0 Å². The zero-order valence-corrected chi connectivity index (χ0v) is 16.7. The van der Waals surface area contributed by atoms with E-state index in [9.17, 15) is 5.11 Å². The summed E-state index contributed by atoms with van der Waals surface area (Å²) in [6.07, 6.45) is 7.79. The molecule has 2 aromatic rings. The minimum absolute atomic E-state index is 0.136. The quantitative estimate of drug-likeness (QED) is 0.427. The number of nitrogens with zero attached hydrogens (tertiary/aromatic N) is 3. The van der Waals surface area contributed by atoms with Crippen LogP contribution in [-0.2, 0) is 6.42 Å². The third kappa shape index (κ3) is 7.15. The van der Waals surface area contributed by atoms with E-state index in [1.807, 2.05) is 18.3 Å². The summed E-state index contributed by atoms with van der Waals surface area (Å²) < 4.78 is 11.0.